The maximum Gasteiger partial charge on any atom is 0.255 e. The van der Waals surface area contributed by atoms with Crippen LogP contribution in [0, 0.1) is 12.8 Å². The minimum absolute atomic E-state index is 0.00470. The summed E-state index contributed by atoms with van der Waals surface area (Å²) in [6.45, 7) is 7.18. The van der Waals surface area contributed by atoms with E-state index in [0.717, 1.165) is 60.7 Å². The fourth-order valence-corrected chi connectivity index (χ4v) is 4.93. The molecule has 5 heteroatoms. The zero-order valence-electron chi connectivity index (χ0n) is 18.1. The SMILES string of the molecule is COc1ccc2oc(C)c(C(=O)NC3CCCCC3)c2c1CN1CCC(C)CC1. The fourth-order valence-electron chi connectivity index (χ4n) is 4.93. The number of nitrogens with zero attached hydrogens (tertiary/aromatic N) is 1. The van der Waals surface area contributed by atoms with E-state index >= 15 is 0 Å². The zero-order valence-corrected chi connectivity index (χ0v) is 18.1. The largest absolute Gasteiger partial charge is 0.496 e. The van der Waals surface area contributed by atoms with Gasteiger partial charge in [-0.1, -0.05) is 26.2 Å². The third-order valence-electron chi connectivity index (χ3n) is 6.74. The Morgan fingerprint density at radius 3 is 2.59 bits per heavy atom. The van der Waals surface area contributed by atoms with E-state index in [1.165, 1.54) is 32.1 Å². The summed E-state index contributed by atoms with van der Waals surface area (Å²) in [7, 11) is 1.71. The van der Waals surface area contributed by atoms with Crippen molar-refractivity contribution in [3.8, 4) is 5.75 Å². The number of nitrogens with one attached hydrogen (secondary N) is 1. The lowest BCUT2D eigenvalue weighted by Gasteiger charge is -2.30. The third-order valence-corrected chi connectivity index (χ3v) is 6.74. The molecule has 1 aromatic heterocycles. The Kier molecular flexibility index (Phi) is 6.14. The molecule has 0 bridgehead atoms. The van der Waals surface area contributed by atoms with Crippen molar-refractivity contribution in [1.82, 2.24) is 10.2 Å². The van der Waals surface area contributed by atoms with Crippen LogP contribution in [-0.4, -0.2) is 37.0 Å². The average Bonchev–Trinajstić information content (AvgIpc) is 3.07. The Labute approximate surface area is 173 Å². The molecule has 0 radical (unpaired) electrons. The monoisotopic (exact) mass is 398 g/mol. The summed E-state index contributed by atoms with van der Waals surface area (Å²) < 4.78 is 11.7. The summed E-state index contributed by atoms with van der Waals surface area (Å²) in [5.41, 5.74) is 2.53. The van der Waals surface area contributed by atoms with Crippen LogP contribution in [0.1, 0.15) is 73.6 Å². The van der Waals surface area contributed by atoms with E-state index in [-0.39, 0.29) is 11.9 Å². The first-order valence-corrected chi connectivity index (χ1v) is 11.2. The number of ether oxygens (including phenoxy) is 1. The second kappa shape index (κ2) is 8.78. The maximum absolute atomic E-state index is 13.3. The van der Waals surface area contributed by atoms with E-state index in [4.69, 9.17) is 9.15 Å². The van der Waals surface area contributed by atoms with Gasteiger partial charge in [0.15, 0.2) is 0 Å². The molecule has 5 nitrogen and oxygen atoms in total. The molecular formula is C24H34N2O3. The van der Waals surface area contributed by atoms with E-state index in [2.05, 4.69) is 17.1 Å². The van der Waals surface area contributed by atoms with Gasteiger partial charge in [-0.2, -0.15) is 0 Å². The number of carbonyl (C=O) groups excluding carboxylic acids is 1. The van der Waals surface area contributed by atoms with Gasteiger partial charge in [-0.3, -0.25) is 9.69 Å². The Morgan fingerprint density at radius 2 is 1.90 bits per heavy atom. The van der Waals surface area contributed by atoms with Gasteiger partial charge in [-0.25, -0.2) is 0 Å². The number of piperidine rings is 1. The van der Waals surface area contributed by atoms with Gasteiger partial charge in [0, 0.05) is 23.5 Å². The van der Waals surface area contributed by atoms with E-state index in [1.54, 1.807) is 7.11 Å². The molecule has 1 aromatic carbocycles. The summed E-state index contributed by atoms with van der Waals surface area (Å²) in [5, 5.41) is 4.20. The molecule has 1 aliphatic carbocycles. The lowest BCUT2D eigenvalue weighted by molar-refractivity contribution is 0.0927. The molecule has 2 aliphatic rings. The molecule has 2 fully saturated rings. The molecule has 29 heavy (non-hydrogen) atoms. The molecule has 1 aliphatic heterocycles. The second-order valence-corrected chi connectivity index (χ2v) is 8.92. The summed E-state index contributed by atoms with van der Waals surface area (Å²) in [6, 6.07) is 4.18. The second-order valence-electron chi connectivity index (χ2n) is 8.92. The van der Waals surface area contributed by atoms with E-state index in [9.17, 15) is 4.79 Å². The molecule has 1 saturated carbocycles. The van der Waals surface area contributed by atoms with Crippen molar-refractivity contribution in [1.29, 1.82) is 0 Å². The molecule has 1 saturated heterocycles. The van der Waals surface area contributed by atoms with Gasteiger partial charge in [0.05, 0.1) is 12.7 Å². The van der Waals surface area contributed by atoms with Crippen molar-refractivity contribution in [2.75, 3.05) is 20.2 Å². The first-order chi connectivity index (χ1) is 14.1. The van der Waals surface area contributed by atoms with E-state index in [1.807, 2.05) is 19.1 Å². The highest BCUT2D eigenvalue weighted by Crippen LogP contribution is 2.36. The van der Waals surface area contributed by atoms with Crippen LogP contribution < -0.4 is 10.1 Å². The van der Waals surface area contributed by atoms with Crippen LogP contribution in [0.4, 0.5) is 0 Å². The minimum Gasteiger partial charge on any atom is -0.496 e. The number of amides is 1. The van der Waals surface area contributed by atoms with Crippen LogP contribution in [0.3, 0.4) is 0 Å². The number of rotatable bonds is 5. The molecule has 2 heterocycles. The Hall–Kier alpha value is -2.01. The number of fused-ring (bicyclic) bond motifs is 1. The molecule has 0 atom stereocenters. The highest BCUT2D eigenvalue weighted by Gasteiger charge is 2.27. The zero-order chi connectivity index (χ0) is 20.4. The highest BCUT2D eigenvalue weighted by molar-refractivity contribution is 6.09. The topological polar surface area (TPSA) is 54.7 Å². The van der Waals surface area contributed by atoms with Crippen molar-refractivity contribution in [3.63, 3.8) is 0 Å². The maximum atomic E-state index is 13.3. The van der Waals surface area contributed by atoms with Crippen molar-refractivity contribution in [3.05, 3.63) is 29.0 Å². The summed E-state index contributed by atoms with van der Waals surface area (Å²) in [5.74, 6) is 2.31. The predicted molar refractivity (Wildman–Crippen MR) is 116 cm³/mol. The number of hydrogen-bond acceptors (Lipinski definition) is 4. The number of hydrogen-bond donors (Lipinski definition) is 1. The summed E-state index contributed by atoms with van der Waals surface area (Å²) in [4.78, 5) is 15.7. The number of likely N-dealkylation sites (tertiary alicyclic amines) is 1. The molecular weight excluding hydrogens is 364 g/mol. The van der Waals surface area contributed by atoms with Gasteiger partial charge >= 0.3 is 0 Å². The lowest BCUT2D eigenvalue weighted by atomic mass is 9.94. The van der Waals surface area contributed by atoms with Gasteiger partial charge in [0.1, 0.15) is 17.1 Å². The molecule has 1 amide bonds. The minimum atomic E-state index is -0.00470. The van der Waals surface area contributed by atoms with Gasteiger partial charge in [-0.05, 0) is 63.7 Å². The van der Waals surface area contributed by atoms with Crippen molar-refractivity contribution in [2.45, 2.75) is 71.4 Å². The van der Waals surface area contributed by atoms with Crippen LogP contribution in [0.2, 0.25) is 0 Å². The highest BCUT2D eigenvalue weighted by atomic mass is 16.5. The average molecular weight is 399 g/mol. The summed E-state index contributed by atoms with van der Waals surface area (Å²) in [6.07, 6.45) is 8.25. The Bertz CT molecular complexity index is 859. The smallest absolute Gasteiger partial charge is 0.255 e. The van der Waals surface area contributed by atoms with Gasteiger partial charge in [-0.15, -0.1) is 0 Å². The van der Waals surface area contributed by atoms with Crippen LogP contribution in [0.25, 0.3) is 11.0 Å². The van der Waals surface area contributed by atoms with E-state index < -0.39 is 0 Å². The quantitative estimate of drug-likeness (QED) is 0.766. The fraction of sp³-hybridized carbons (Fsp3) is 0.625. The Morgan fingerprint density at radius 1 is 1.17 bits per heavy atom. The number of aryl methyl sites for hydroxylation is 1. The van der Waals surface area contributed by atoms with Crippen LogP contribution in [0.15, 0.2) is 16.5 Å². The Balaban J connectivity index is 1.68. The van der Waals surface area contributed by atoms with Crippen molar-refractivity contribution in [2.24, 2.45) is 5.92 Å². The number of furan rings is 1. The van der Waals surface area contributed by atoms with Gasteiger partial charge in [0.25, 0.3) is 5.91 Å². The number of methoxy groups -OCH3 is 1. The van der Waals surface area contributed by atoms with Crippen LogP contribution in [0.5, 0.6) is 5.75 Å². The molecule has 158 valence electrons. The normalized spacial score (nSPS) is 19.6. The van der Waals surface area contributed by atoms with Crippen molar-refractivity contribution < 1.29 is 13.9 Å². The summed E-state index contributed by atoms with van der Waals surface area (Å²) >= 11 is 0. The predicted octanol–water partition coefficient (Wildman–Crippen LogP) is 5.04. The molecule has 0 unspecified atom stereocenters. The standard InChI is InChI=1S/C24H34N2O3/c1-16-11-13-26(14-12-16)15-19-20(28-3)9-10-21-23(19)22(17(2)29-21)24(27)25-18-7-5-4-6-8-18/h9-10,16,18H,4-8,11-15H2,1-3H3,(H,25,27). The molecule has 1 N–H and O–H groups in total. The first-order valence-electron chi connectivity index (χ1n) is 11.2. The van der Waals surface area contributed by atoms with Gasteiger partial charge < -0.3 is 14.5 Å². The molecule has 0 spiro atoms. The lowest BCUT2D eigenvalue weighted by Crippen LogP contribution is -2.36. The molecule has 2 aromatic rings. The van der Waals surface area contributed by atoms with E-state index in [0.29, 0.717) is 11.3 Å². The van der Waals surface area contributed by atoms with Gasteiger partial charge in [0.2, 0.25) is 0 Å². The number of carbonyl (C=O) groups is 1. The third kappa shape index (κ3) is 4.30. The molecule has 4 rings (SSSR count). The number of benzene rings is 1. The van der Waals surface area contributed by atoms with Crippen LogP contribution in [-0.2, 0) is 6.54 Å². The van der Waals surface area contributed by atoms with Crippen LogP contribution >= 0.6 is 0 Å². The van der Waals surface area contributed by atoms with Crippen molar-refractivity contribution >= 4 is 16.9 Å². The first kappa shape index (κ1) is 20.3.